The SMILES string of the molecule is CCN1CC(C(=O)Nc2cccc(N3CCCC3=O)c2)CC1=O. The predicted octanol–water partition coefficient (Wildman–Crippen LogP) is 1.62. The van der Waals surface area contributed by atoms with E-state index in [2.05, 4.69) is 5.32 Å². The zero-order valence-corrected chi connectivity index (χ0v) is 13.2. The van der Waals surface area contributed by atoms with E-state index in [4.69, 9.17) is 0 Å². The Morgan fingerprint density at radius 2 is 2.13 bits per heavy atom. The van der Waals surface area contributed by atoms with Crippen LogP contribution in [0.25, 0.3) is 0 Å². The van der Waals surface area contributed by atoms with Crippen molar-refractivity contribution in [2.75, 3.05) is 29.9 Å². The summed E-state index contributed by atoms with van der Waals surface area (Å²) in [7, 11) is 0. The Labute approximate surface area is 135 Å². The van der Waals surface area contributed by atoms with Crippen molar-refractivity contribution in [2.24, 2.45) is 5.92 Å². The number of nitrogens with one attached hydrogen (secondary N) is 1. The largest absolute Gasteiger partial charge is 0.342 e. The van der Waals surface area contributed by atoms with E-state index in [1.54, 1.807) is 15.9 Å². The first-order chi connectivity index (χ1) is 11.1. The number of nitrogens with zero attached hydrogens (tertiary/aromatic N) is 2. The van der Waals surface area contributed by atoms with Crippen LogP contribution < -0.4 is 10.2 Å². The number of anilines is 2. The summed E-state index contributed by atoms with van der Waals surface area (Å²) in [6, 6.07) is 7.32. The summed E-state index contributed by atoms with van der Waals surface area (Å²) in [4.78, 5) is 39.3. The number of carbonyl (C=O) groups is 3. The molecule has 2 saturated heterocycles. The normalized spacial score (nSPS) is 21.2. The molecule has 3 rings (SSSR count). The fourth-order valence-electron chi connectivity index (χ4n) is 3.17. The molecule has 1 unspecified atom stereocenters. The van der Waals surface area contributed by atoms with Crippen LogP contribution >= 0.6 is 0 Å². The van der Waals surface area contributed by atoms with Crippen molar-refractivity contribution in [3.8, 4) is 0 Å². The fraction of sp³-hybridized carbons (Fsp3) is 0.471. The molecule has 1 aromatic carbocycles. The van der Waals surface area contributed by atoms with Gasteiger partial charge < -0.3 is 15.1 Å². The highest BCUT2D eigenvalue weighted by molar-refractivity contribution is 5.99. The smallest absolute Gasteiger partial charge is 0.229 e. The molecule has 3 amide bonds. The Morgan fingerprint density at radius 1 is 1.30 bits per heavy atom. The molecule has 0 saturated carbocycles. The lowest BCUT2D eigenvalue weighted by Gasteiger charge is -2.17. The first kappa shape index (κ1) is 15.5. The van der Waals surface area contributed by atoms with Crippen LogP contribution in [0.5, 0.6) is 0 Å². The van der Waals surface area contributed by atoms with Gasteiger partial charge in [0, 0.05) is 43.9 Å². The van der Waals surface area contributed by atoms with Gasteiger partial charge in [-0.05, 0) is 31.5 Å². The molecular formula is C17H21N3O3. The average Bonchev–Trinajstić information content (AvgIpc) is 3.13. The van der Waals surface area contributed by atoms with Gasteiger partial charge in [-0.15, -0.1) is 0 Å². The highest BCUT2D eigenvalue weighted by Gasteiger charge is 2.33. The van der Waals surface area contributed by atoms with Gasteiger partial charge in [0.25, 0.3) is 0 Å². The van der Waals surface area contributed by atoms with E-state index in [0.29, 0.717) is 25.2 Å². The van der Waals surface area contributed by atoms with Crippen molar-refractivity contribution in [1.29, 1.82) is 0 Å². The van der Waals surface area contributed by atoms with Gasteiger partial charge in [0.1, 0.15) is 0 Å². The summed E-state index contributed by atoms with van der Waals surface area (Å²) in [6.45, 7) is 3.74. The average molecular weight is 315 g/mol. The van der Waals surface area contributed by atoms with Crippen molar-refractivity contribution in [3.63, 3.8) is 0 Å². The van der Waals surface area contributed by atoms with Crippen LogP contribution in [-0.4, -0.2) is 42.3 Å². The van der Waals surface area contributed by atoms with E-state index < -0.39 is 0 Å². The highest BCUT2D eigenvalue weighted by atomic mass is 16.2. The Morgan fingerprint density at radius 3 is 2.78 bits per heavy atom. The van der Waals surface area contributed by atoms with E-state index >= 15 is 0 Å². The van der Waals surface area contributed by atoms with E-state index in [1.807, 2.05) is 25.1 Å². The summed E-state index contributed by atoms with van der Waals surface area (Å²) in [6.07, 6.45) is 1.71. The molecule has 0 aliphatic carbocycles. The van der Waals surface area contributed by atoms with Crippen LogP contribution in [0, 0.1) is 5.92 Å². The lowest BCUT2D eigenvalue weighted by molar-refractivity contribution is -0.128. The number of likely N-dealkylation sites (tertiary alicyclic amines) is 1. The minimum atomic E-state index is -0.306. The maximum atomic E-state index is 12.3. The maximum Gasteiger partial charge on any atom is 0.229 e. The summed E-state index contributed by atoms with van der Waals surface area (Å²) in [5, 5.41) is 2.87. The molecular weight excluding hydrogens is 294 g/mol. The minimum Gasteiger partial charge on any atom is -0.342 e. The van der Waals surface area contributed by atoms with Gasteiger partial charge >= 0.3 is 0 Å². The van der Waals surface area contributed by atoms with Crippen LogP contribution in [0.2, 0.25) is 0 Å². The van der Waals surface area contributed by atoms with Crippen LogP contribution in [0.15, 0.2) is 24.3 Å². The molecule has 1 aromatic rings. The standard InChI is InChI=1S/C17H21N3O3/c1-2-19-11-12(9-16(19)22)17(23)18-13-5-3-6-14(10-13)20-8-4-7-15(20)21/h3,5-6,10,12H,2,4,7-9,11H2,1H3,(H,18,23). The lowest BCUT2D eigenvalue weighted by Crippen LogP contribution is -2.28. The Balaban J connectivity index is 1.67. The van der Waals surface area contributed by atoms with Gasteiger partial charge in [-0.1, -0.05) is 6.07 Å². The second-order valence-corrected chi connectivity index (χ2v) is 6.02. The molecule has 23 heavy (non-hydrogen) atoms. The number of amides is 3. The Kier molecular flexibility index (Phi) is 4.32. The first-order valence-corrected chi connectivity index (χ1v) is 8.07. The van der Waals surface area contributed by atoms with Gasteiger partial charge in [0.05, 0.1) is 5.92 Å². The van der Waals surface area contributed by atoms with Crippen LogP contribution in [-0.2, 0) is 14.4 Å². The molecule has 0 radical (unpaired) electrons. The number of hydrogen-bond acceptors (Lipinski definition) is 3. The van der Waals surface area contributed by atoms with E-state index in [-0.39, 0.29) is 30.1 Å². The molecule has 0 bridgehead atoms. The molecule has 6 heteroatoms. The van der Waals surface area contributed by atoms with Gasteiger partial charge in [-0.3, -0.25) is 14.4 Å². The van der Waals surface area contributed by atoms with Gasteiger partial charge in [0.15, 0.2) is 0 Å². The molecule has 122 valence electrons. The number of hydrogen-bond donors (Lipinski definition) is 1. The third-order valence-corrected chi connectivity index (χ3v) is 4.47. The molecule has 2 aliphatic rings. The minimum absolute atomic E-state index is 0.0315. The molecule has 2 heterocycles. The zero-order chi connectivity index (χ0) is 16.4. The highest BCUT2D eigenvalue weighted by Crippen LogP contribution is 2.25. The Hall–Kier alpha value is -2.37. The molecule has 1 N–H and O–H groups in total. The Bertz CT molecular complexity index is 644. The van der Waals surface area contributed by atoms with Crippen molar-refractivity contribution in [3.05, 3.63) is 24.3 Å². The molecule has 0 aromatic heterocycles. The first-order valence-electron chi connectivity index (χ1n) is 8.07. The summed E-state index contributed by atoms with van der Waals surface area (Å²) in [5.74, 6) is -0.295. The van der Waals surface area contributed by atoms with E-state index in [1.165, 1.54) is 0 Å². The van der Waals surface area contributed by atoms with E-state index in [0.717, 1.165) is 18.7 Å². The van der Waals surface area contributed by atoms with Crippen molar-refractivity contribution in [1.82, 2.24) is 4.90 Å². The van der Waals surface area contributed by atoms with Gasteiger partial charge in [0.2, 0.25) is 17.7 Å². The van der Waals surface area contributed by atoms with Crippen molar-refractivity contribution < 1.29 is 14.4 Å². The lowest BCUT2D eigenvalue weighted by atomic mass is 10.1. The third kappa shape index (κ3) is 3.21. The molecule has 1 atom stereocenters. The van der Waals surface area contributed by atoms with Crippen molar-refractivity contribution in [2.45, 2.75) is 26.2 Å². The second kappa shape index (κ2) is 6.40. The number of carbonyl (C=O) groups excluding carboxylic acids is 3. The van der Waals surface area contributed by atoms with Gasteiger partial charge in [-0.25, -0.2) is 0 Å². The van der Waals surface area contributed by atoms with Crippen LogP contribution in [0.1, 0.15) is 26.2 Å². The predicted molar refractivity (Wildman–Crippen MR) is 87.0 cm³/mol. The monoisotopic (exact) mass is 315 g/mol. The number of benzene rings is 1. The molecule has 2 aliphatic heterocycles. The number of rotatable bonds is 4. The summed E-state index contributed by atoms with van der Waals surface area (Å²) >= 11 is 0. The van der Waals surface area contributed by atoms with Crippen LogP contribution in [0.4, 0.5) is 11.4 Å². The van der Waals surface area contributed by atoms with Crippen LogP contribution in [0.3, 0.4) is 0 Å². The molecule has 6 nitrogen and oxygen atoms in total. The summed E-state index contributed by atoms with van der Waals surface area (Å²) in [5.41, 5.74) is 1.47. The second-order valence-electron chi connectivity index (χ2n) is 6.02. The van der Waals surface area contributed by atoms with Gasteiger partial charge in [-0.2, -0.15) is 0 Å². The van der Waals surface area contributed by atoms with E-state index in [9.17, 15) is 14.4 Å². The maximum absolute atomic E-state index is 12.3. The summed E-state index contributed by atoms with van der Waals surface area (Å²) < 4.78 is 0. The molecule has 0 spiro atoms. The third-order valence-electron chi connectivity index (χ3n) is 4.47. The molecule has 2 fully saturated rings. The quantitative estimate of drug-likeness (QED) is 0.918. The van der Waals surface area contributed by atoms with Crippen molar-refractivity contribution >= 4 is 29.1 Å². The topological polar surface area (TPSA) is 69.7 Å². The fourth-order valence-corrected chi connectivity index (χ4v) is 3.17. The zero-order valence-electron chi connectivity index (χ0n) is 13.2.